The van der Waals surface area contributed by atoms with Crippen molar-refractivity contribution in [2.75, 3.05) is 19.8 Å². The first-order chi connectivity index (χ1) is 9.84. The van der Waals surface area contributed by atoms with Crippen LogP contribution in [0.5, 0.6) is 0 Å². The average molecular weight is 277 g/mol. The number of aliphatic hydroxyl groups excluding tert-OH is 1. The first-order valence-electron chi connectivity index (χ1n) is 6.53. The molecule has 2 aliphatic rings. The lowest BCUT2D eigenvalue weighted by Crippen LogP contribution is -2.47. The van der Waals surface area contributed by atoms with E-state index < -0.39 is 5.54 Å². The molecule has 4 rings (SSSR count). The molecule has 2 aromatic heterocycles. The first kappa shape index (κ1) is 12.2. The Bertz CT molecular complexity index is 518. The highest BCUT2D eigenvalue weighted by molar-refractivity contribution is 5.15. The van der Waals surface area contributed by atoms with Gasteiger partial charge in [-0.15, -0.1) is 0 Å². The van der Waals surface area contributed by atoms with E-state index >= 15 is 0 Å². The maximum Gasteiger partial charge on any atom is 0.172 e. The lowest BCUT2D eigenvalue weighted by atomic mass is 10.0. The van der Waals surface area contributed by atoms with Crippen LogP contribution in [0.15, 0.2) is 45.6 Å². The van der Waals surface area contributed by atoms with Crippen molar-refractivity contribution < 1.29 is 23.4 Å². The van der Waals surface area contributed by atoms with Crippen LogP contribution >= 0.6 is 0 Å². The third-order valence-electron chi connectivity index (χ3n) is 3.94. The van der Waals surface area contributed by atoms with Crippen molar-refractivity contribution in [1.82, 2.24) is 4.90 Å². The van der Waals surface area contributed by atoms with E-state index in [0.717, 1.165) is 0 Å². The van der Waals surface area contributed by atoms with E-state index in [4.69, 9.17) is 18.3 Å². The molecule has 20 heavy (non-hydrogen) atoms. The number of fused-ring (bicyclic) bond motifs is 1. The van der Waals surface area contributed by atoms with Crippen LogP contribution in [0.2, 0.25) is 0 Å². The van der Waals surface area contributed by atoms with Gasteiger partial charge in [0.2, 0.25) is 0 Å². The minimum Gasteiger partial charge on any atom is -0.465 e. The van der Waals surface area contributed by atoms with E-state index in [9.17, 15) is 5.11 Å². The Labute approximate surface area is 115 Å². The molecule has 0 bridgehead atoms. The molecule has 2 saturated heterocycles. The molecule has 6 heteroatoms. The summed E-state index contributed by atoms with van der Waals surface area (Å²) in [5.74, 6) is 1.39. The van der Waals surface area contributed by atoms with Crippen LogP contribution in [0.25, 0.3) is 0 Å². The number of hydrogen-bond acceptors (Lipinski definition) is 6. The molecular formula is C14H15NO5. The average Bonchev–Trinajstić information content (AvgIpc) is 3.22. The van der Waals surface area contributed by atoms with Gasteiger partial charge >= 0.3 is 0 Å². The summed E-state index contributed by atoms with van der Waals surface area (Å²) in [6.45, 7) is 0.750. The smallest absolute Gasteiger partial charge is 0.172 e. The van der Waals surface area contributed by atoms with Crippen LogP contribution < -0.4 is 0 Å². The van der Waals surface area contributed by atoms with Crippen LogP contribution in [0.4, 0.5) is 0 Å². The predicted octanol–water partition coefficient (Wildman–Crippen LogP) is 1.66. The zero-order valence-electron chi connectivity index (χ0n) is 10.8. The molecule has 2 aliphatic heterocycles. The summed E-state index contributed by atoms with van der Waals surface area (Å²) in [4.78, 5) is 1.99. The molecule has 6 nitrogen and oxygen atoms in total. The van der Waals surface area contributed by atoms with E-state index in [-0.39, 0.29) is 19.1 Å². The summed E-state index contributed by atoms with van der Waals surface area (Å²) >= 11 is 0. The van der Waals surface area contributed by atoms with Gasteiger partial charge in [0, 0.05) is 0 Å². The standard InChI is InChI=1S/C14H15NO5/c16-7-14-8-19-12(10-3-1-5-17-10)15(14)13(20-9-14)11-4-2-6-18-11/h1-6,12-13,16H,7-9H2/t12-,13+,14?. The summed E-state index contributed by atoms with van der Waals surface area (Å²) in [6, 6.07) is 7.35. The normalized spacial score (nSPS) is 33.6. The third-order valence-corrected chi connectivity index (χ3v) is 3.94. The van der Waals surface area contributed by atoms with Crippen molar-refractivity contribution in [2.45, 2.75) is 18.0 Å². The summed E-state index contributed by atoms with van der Waals surface area (Å²) < 4.78 is 22.6. The second kappa shape index (κ2) is 4.46. The van der Waals surface area contributed by atoms with Gasteiger partial charge in [-0.2, -0.15) is 0 Å². The van der Waals surface area contributed by atoms with Gasteiger partial charge in [0.1, 0.15) is 11.5 Å². The highest BCUT2D eigenvalue weighted by Crippen LogP contribution is 2.48. The van der Waals surface area contributed by atoms with Crippen molar-refractivity contribution in [3.8, 4) is 0 Å². The van der Waals surface area contributed by atoms with Gasteiger partial charge in [0.25, 0.3) is 0 Å². The predicted molar refractivity (Wildman–Crippen MR) is 66.5 cm³/mol. The molecule has 1 N–H and O–H groups in total. The molecule has 2 fully saturated rings. The van der Waals surface area contributed by atoms with E-state index in [1.807, 2.05) is 29.2 Å². The Morgan fingerprint density at radius 2 is 1.60 bits per heavy atom. The Kier molecular flexibility index (Phi) is 2.71. The van der Waals surface area contributed by atoms with Crippen molar-refractivity contribution >= 4 is 0 Å². The number of hydrogen-bond donors (Lipinski definition) is 1. The number of ether oxygens (including phenoxy) is 2. The number of nitrogens with zero attached hydrogens (tertiary/aromatic N) is 1. The van der Waals surface area contributed by atoms with Gasteiger partial charge in [0.15, 0.2) is 12.5 Å². The topological polar surface area (TPSA) is 68.2 Å². The van der Waals surface area contributed by atoms with Crippen LogP contribution in [-0.2, 0) is 9.47 Å². The molecular weight excluding hydrogens is 262 g/mol. The Morgan fingerprint density at radius 3 is 2.00 bits per heavy atom. The zero-order valence-corrected chi connectivity index (χ0v) is 10.8. The molecule has 0 aliphatic carbocycles. The van der Waals surface area contributed by atoms with E-state index in [1.54, 1.807) is 12.5 Å². The molecule has 2 aromatic rings. The number of furan rings is 2. The van der Waals surface area contributed by atoms with Crippen LogP contribution in [-0.4, -0.2) is 35.4 Å². The number of rotatable bonds is 3. The lowest BCUT2D eigenvalue weighted by Gasteiger charge is -2.30. The van der Waals surface area contributed by atoms with Gasteiger partial charge in [-0.25, -0.2) is 4.90 Å². The molecule has 3 atom stereocenters. The molecule has 4 heterocycles. The van der Waals surface area contributed by atoms with Gasteiger partial charge in [0.05, 0.1) is 37.9 Å². The Hall–Kier alpha value is -1.60. The van der Waals surface area contributed by atoms with Gasteiger partial charge < -0.3 is 23.4 Å². The molecule has 0 spiro atoms. The maximum atomic E-state index is 9.79. The minimum atomic E-state index is -0.547. The Morgan fingerprint density at radius 1 is 1.05 bits per heavy atom. The number of aliphatic hydroxyl groups is 1. The first-order valence-corrected chi connectivity index (χ1v) is 6.53. The lowest BCUT2D eigenvalue weighted by molar-refractivity contribution is -0.0799. The summed E-state index contributed by atoms with van der Waals surface area (Å²) in [6.07, 6.45) is 2.46. The monoisotopic (exact) mass is 277 g/mol. The molecule has 0 aromatic carbocycles. The third kappa shape index (κ3) is 1.59. The molecule has 106 valence electrons. The van der Waals surface area contributed by atoms with Crippen LogP contribution in [0, 0.1) is 0 Å². The quantitative estimate of drug-likeness (QED) is 0.920. The fourth-order valence-electron chi connectivity index (χ4n) is 2.91. The second-order valence-corrected chi connectivity index (χ2v) is 5.15. The fraction of sp³-hybridized carbons (Fsp3) is 0.429. The molecule has 0 saturated carbocycles. The van der Waals surface area contributed by atoms with Gasteiger partial charge in [-0.3, -0.25) is 0 Å². The molecule has 0 radical (unpaired) electrons. The van der Waals surface area contributed by atoms with E-state index in [1.165, 1.54) is 0 Å². The zero-order chi connectivity index (χ0) is 13.6. The summed E-state index contributed by atoms with van der Waals surface area (Å²) in [5.41, 5.74) is -0.547. The Balaban J connectivity index is 1.74. The molecule has 1 unspecified atom stereocenters. The largest absolute Gasteiger partial charge is 0.465 e. The summed E-state index contributed by atoms with van der Waals surface area (Å²) in [7, 11) is 0. The van der Waals surface area contributed by atoms with Crippen LogP contribution in [0.1, 0.15) is 24.0 Å². The molecule has 0 amide bonds. The van der Waals surface area contributed by atoms with Gasteiger partial charge in [-0.05, 0) is 24.3 Å². The minimum absolute atomic E-state index is 0.0403. The SMILES string of the molecule is OCC12CO[C@H](c3ccco3)N1[C@H](c1ccco1)OC2. The van der Waals surface area contributed by atoms with E-state index in [2.05, 4.69) is 0 Å². The van der Waals surface area contributed by atoms with Crippen molar-refractivity contribution in [2.24, 2.45) is 0 Å². The maximum absolute atomic E-state index is 9.79. The van der Waals surface area contributed by atoms with Crippen molar-refractivity contribution in [3.63, 3.8) is 0 Å². The highest BCUT2D eigenvalue weighted by Gasteiger charge is 2.58. The van der Waals surface area contributed by atoms with Gasteiger partial charge in [-0.1, -0.05) is 0 Å². The van der Waals surface area contributed by atoms with Crippen molar-refractivity contribution in [1.29, 1.82) is 0 Å². The second-order valence-electron chi connectivity index (χ2n) is 5.15. The van der Waals surface area contributed by atoms with Crippen molar-refractivity contribution in [3.05, 3.63) is 48.3 Å². The fourth-order valence-corrected chi connectivity index (χ4v) is 2.91. The van der Waals surface area contributed by atoms with Crippen LogP contribution in [0.3, 0.4) is 0 Å². The summed E-state index contributed by atoms with van der Waals surface area (Å²) in [5, 5.41) is 9.79. The highest BCUT2D eigenvalue weighted by atomic mass is 16.6. The van der Waals surface area contributed by atoms with E-state index in [0.29, 0.717) is 24.7 Å².